The van der Waals surface area contributed by atoms with E-state index in [1.807, 2.05) is 43.3 Å². The highest BCUT2D eigenvalue weighted by Gasteiger charge is 2.14. The van der Waals surface area contributed by atoms with Gasteiger partial charge in [0.1, 0.15) is 0 Å². The summed E-state index contributed by atoms with van der Waals surface area (Å²) in [6.45, 7) is 6.27. The molecule has 1 aliphatic rings. The molecule has 0 unspecified atom stereocenters. The second-order valence-corrected chi connectivity index (χ2v) is 8.47. The van der Waals surface area contributed by atoms with Crippen LogP contribution in [0.3, 0.4) is 0 Å². The van der Waals surface area contributed by atoms with Gasteiger partial charge in [0.15, 0.2) is 11.5 Å². The van der Waals surface area contributed by atoms with Gasteiger partial charge < -0.3 is 14.4 Å². The first-order valence-corrected chi connectivity index (χ1v) is 11.3. The molecule has 30 heavy (non-hydrogen) atoms. The summed E-state index contributed by atoms with van der Waals surface area (Å²) in [4.78, 5) is 14.7. The Morgan fingerprint density at radius 2 is 1.97 bits per heavy atom. The lowest BCUT2D eigenvalue weighted by atomic mass is 10.2. The monoisotopic (exact) mass is 521 g/mol. The molecular formula is C23H28IN3O3. The number of carbonyl (C=O) groups excluding carboxylic acids is 1. The predicted molar refractivity (Wildman–Crippen MR) is 129 cm³/mol. The fourth-order valence-electron chi connectivity index (χ4n) is 3.24. The van der Waals surface area contributed by atoms with Gasteiger partial charge in [-0.2, -0.15) is 5.10 Å². The summed E-state index contributed by atoms with van der Waals surface area (Å²) in [6.07, 6.45) is 5.07. The van der Waals surface area contributed by atoms with Crippen molar-refractivity contribution in [2.45, 2.75) is 39.2 Å². The molecule has 1 saturated heterocycles. The van der Waals surface area contributed by atoms with Crippen LogP contribution in [0.25, 0.3) is 0 Å². The normalized spacial score (nSPS) is 14.7. The largest absolute Gasteiger partial charge is 0.493 e. The van der Waals surface area contributed by atoms with E-state index in [2.05, 4.69) is 44.9 Å². The first-order valence-electron chi connectivity index (χ1n) is 10.2. The third-order valence-electron chi connectivity index (χ3n) is 5.13. The number of anilines is 1. The van der Waals surface area contributed by atoms with Crippen molar-refractivity contribution in [3.05, 3.63) is 51.1 Å². The van der Waals surface area contributed by atoms with E-state index >= 15 is 0 Å². The Balaban J connectivity index is 1.64. The quantitative estimate of drug-likeness (QED) is 0.307. The van der Waals surface area contributed by atoms with E-state index in [1.54, 1.807) is 13.3 Å². The number of hydrogen-bond donors (Lipinski definition) is 1. The average Bonchev–Trinajstić information content (AvgIpc) is 3.30. The maximum absolute atomic E-state index is 12.4. The Morgan fingerprint density at radius 3 is 2.60 bits per heavy atom. The molecule has 1 fully saturated rings. The molecule has 0 aromatic heterocycles. The van der Waals surface area contributed by atoms with E-state index in [0.717, 1.165) is 40.1 Å². The molecule has 0 aliphatic carbocycles. The van der Waals surface area contributed by atoms with Crippen LogP contribution in [0.15, 0.2) is 41.5 Å². The van der Waals surface area contributed by atoms with E-state index in [9.17, 15) is 4.79 Å². The van der Waals surface area contributed by atoms with Crippen molar-refractivity contribution in [3.8, 4) is 11.5 Å². The van der Waals surface area contributed by atoms with Crippen LogP contribution in [0.2, 0.25) is 0 Å². The Bertz CT molecular complexity index is 893. The molecule has 6 nitrogen and oxygen atoms in total. The standard InChI is InChI=1S/C23H28IN3O3/c1-4-16(2)30-22-20(24)13-17(14-21(22)29-3)15-25-26-23(28)18-7-9-19(10-8-18)27-11-5-6-12-27/h7-10,13-16H,4-6,11-12H2,1-3H3,(H,26,28)/b25-15-/t16-/m1/s1. The number of hydrazone groups is 1. The van der Waals surface area contributed by atoms with Crippen LogP contribution in [0.4, 0.5) is 5.69 Å². The Labute approximate surface area is 191 Å². The highest BCUT2D eigenvalue weighted by atomic mass is 127. The number of amides is 1. The number of rotatable bonds is 8. The molecule has 0 radical (unpaired) electrons. The minimum absolute atomic E-state index is 0.100. The van der Waals surface area contributed by atoms with E-state index in [-0.39, 0.29) is 12.0 Å². The maximum Gasteiger partial charge on any atom is 0.271 e. The van der Waals surface area contributed by atoms with E-state index in [0.29, 0.717) is 11.3 Å². The first kappa shape index (κ1) is 22.4. The van der Waals surface area contributed by atoms with Gasteiger partial charge in [-0.1, -0.05) is 6.92 Å². The molecule has 0 bridgehead atoms. The summed E-state index contributed by atoms with van der Waals surface area (Å²) in [6, 6.07) is 11.5. The molecular weight excluding hydrogens is 493 g/mol. The number of carbonyl (C=O) groups is 1. The summed E-state index contributed by atoms with van der Waals surface area (Å²) >= 11 is 2.22. The van der Waals surface area contributed by atoms with Crippen LogP contribution < -0.4 is 19.8 Å². The van der Waals surface area contributed by atoms with Gasteiger partial charge in [0.2, 0.25) is 0 Å². The summed E-state index contributed by atoms with van der Waals surface area (Å²) in [5, 5.41) is 4.11. The van der Waals surface area contributed by atoms with Crippen LogP contribution in [0.5, 0.6) is 11.5 Å². The summed E-state index contributed by atoms with van der Waals surface area (Å²) in [5.41, 5.74) is 5.15. The number of nitrogens with one attached hydrogen (secondary N) is 1. The van der Waals surface area contributed by atoms with Crippen LogP contribution in [0.1, 0.15) is 49.0 Å². The van der Waals surface area contributed by atoms with Gasteiger partial charge >= 0.3 is 0 Å². The van der Waals surface area contributed by atoms with Crippen molar-refractivity contribution >= 4 is 40.4 Å². The molecule has 7 heteroatoms. The minimum Gasteiger partial charge on any atom is -0.493 e. The van der Waals surface area contributed by atoms with Gasteiger partial charge in [0.05, 0.1) is 23.0 Å². The highest BCUT2D eigenvalue weighted by Crippen LogP contribution is 2.34. The Kier molecular flexibility index (Phi) is 7.95. The van der Waals surface area contributed by atoms with E-state index in [1.165, 1.54) is 12.8 Å². The molecule has 3 rings (SSSR count). The van der Waals surface area contributed by atoms with Crippen molar-refractivity contribution in [3.63, 3.8) is 0 Å². The number of nitrogens with zero attached hydrogens (tertiary/aromatic N) is 2. The lowest BCUT2D eigenvalue weighted by molar-refractivity contribution is 0.0955. The Morgan fingerprint density at radius 1 is 1.27 bits per heavy atom. The second kappa shape index (κ2) is 10.7. The summed E-state index contributed by atoms with van der Waals surface area (Å²) in [5.74, 6) is 1.14. The van der Waals surface area contributed by atoms with Crippen molar-refractivity contribution in [1.29, 1.82) is 0 Å². The van der Waals surface area contributed by atoms with Gasteiger partial charge in [-0.25, -0.2) is 5.43 Å². The molecule has 160 valence electrons. The van der Waals surface area contributed by atoms with Crippen LogP contribution in [-0.2, 0) is 0 Å². The Hall–Kier alpha value is -2.29. The maximum atomic E-state index is 12.4. The van der Waals surface area contributed by atoms with E-state index in [4.69, 9.17) is 9.47 Å². The van der Waals surface area contributed by atoms with Crippen molar-refractivity contribution in [2.75, 3.05) is 25.1 Å². The highest BCUT2D eigenvalue weighted by molar-refractivity contribution is 14.1. The molecule has 0 saturated carbocycles. The fraction of sp³-hybridized carbons (Fsp3) is 0.391. The van der Waals surface area contributed by atoms with Crippen LogP contribution in [-0.4, -0.2) is 38.4 Å². The van der Waals surface area contributed by atoms with Crippen molar-refractivity contribution in [2.24, 2.45) is 5.10 Å². The van der Waals surface area contributed by atoms with Gasteiger partial charge in [0.25, 0.3) is 5.91 Å². The SMILES string of the molecule is CC[C@@H](C)Oc1c(I)cc(/C=N\NC(=O)c2ccc(N3CCCC3)cc2)cc1OC. The van der Waals surface area contributed by atoms with Gasteiger partial charge in [-0.15, -0.1) is 0 Å². The third-order valence-corrected chi connectivity index (χ3v) is 5.93. The number of methoxy groups -OCH3 is 1. The molecule has 1 N–H and O–H groups in total. The molecule has 1 aliphatic heterocycles. The smallest absolute Gasteiger partial charge is 0.271 e. The topological polar surface area (TPSA) is 63.2 Å². The molecule has 0 spiro atoms. The first-order chi connectivity index (χ1) is 14.5. The lowest BCUT2D eigenvalue weighted by Gasteiger charge is -2.17. The zero-order valence-corrected chi connectivity index (χ0v) is 19.8. The molecule has 1 amide bonds. The molecule has 2 aromatic carbocycles. The van der Waals surface area contributed by atoms with Crippen LogP contribution >= 0.6 is 22.6 Å². The minimum atomic E-state index is -0.238. The van der Waals surface area contributed by atoms with Crippen molar-refractivity contribution < 1.29 is 14.3 Å². The zero-order valence-electron chi connectivity index (χ0n) is 17.7. The molecule has 1 heterocycles. The van der Waals surface area contributed by atoms with Gasteiger partial charge in [-0.05, 0) is 90.7 Å². The average molecular weight is 521 g/mol. The second-order valence-electron chi connectivity index (χ2n) is 7.31. The number of halogens is 1. The number of ether oxygens (including phenoxy) is 2. The van der Waals surface area contributed by atoms with Gasteiger partial charge in [-0.3, -0.25) is 4.79 Å². The van der Waals surface area contributed by atoms with Crippen molar-refractivity contribution in [1.82, 2.24) is 5.43 Å². The lowest BCUT2D eigenvalue weighted by Crippen LogP contribution is -2.19. The fourth-order valence-corrected chi connectivity index (χ4v) is 3.99. The number of benzene rings is 2. The zero-order chi connectivity index (χ0) is 21.5. The summed E-state index contributed by atoms with van der Waals surface area (Å²) in [7, 11) is 1.61. The third kappa shape index (κ3) is 5.65. The number of hydrogen-bond acceptors (Lipinski definition) is 5. The van der Waals surface area contributed by atoms with Crippen LogP contribution in [0, 0.1) is 3.57 Å². The van der Waals surface area contributed by atoms with E-state index < -0.39 is 0 Å². The summed E-state index contributed by atoms with van der Waals surface area (Å²) < 4.78 is 12.4. The molecule has 1 atom stereocenters. The predicted octanol–water partition coefficient (Wildman–Crippen LogP) is 4.84. The molecule has 2 aromatic rings. The van der Waals surface area contributed by atoms with Gasteiger partial charge in [0, 0.05) is 24.3 Å².